The van der Waals surface area contributed by atoms with Crippen LogP contribution < -0.4 is 10.3 Å². The first-order valence-electron chi connectivity index (χ1n) is 9.01. The van der Waals surface area contributed by atoms with E-state index in [9.17, 15) is 14.4 Å². The van der Waals surface area contributed by atoms with Crippen molar-refractivity contribution in [3.05, 3.63) is 75.6 Å². The highest BCUT2D eigenvalue weighted by Gasteiger charge is 2.59. The zero-order chi connectivity index (χ0) is 20.3. The Morgan fingerprint density at radius 1 is 0.966 bits per heavy atom. The summed E-state index contributed by atoms with van der Waals surface area (Å²) in [5, 5.41) is 2.30. The Morgan fingerprint density at radius 2 is 1.69 bits per heavy atom. The fraction of sp³-hybridized carbons (Fsp3) is 0.190. The van der Waals surface area contributed by atoms with Crippen molar-refractivity contribution in [3.8, 4) is 0 Å². The van der Waals surface area contributed by atoms with Crippen LogP contribution in [0.4, 0.5) is 5.69 Å². The monoisotopic (exact) mass is 410 g/mol. The molecule has 1 aromatic heterocycles. The van der Waals surface area contributed by atoms with E-state index in [0.717, 1.165) is 4.90 Å². The van der Waals surface area contributed by atoms with Crippen LogP contribution in [-0.2, 0) is 14.4 Å². The normalized spacial score (nSPS) is 24.5. The summed E-state index contributed by atoms with van der Waals surface area (Å²) < 4.78 is 5.61. The van der Waals surface area contributed by atoms with Crippen molar-refractivity contribution in [2.75, 3.05) is 11.9 Å². The standard InChI is InChI=1S/C21H15ClN2O5/c1-23-17(14-10-28-15-5-3-2-4-13(15)18(14)25)16-19(29-23)21(27)24(20(16)26)12-8-6-11(22)7-9-12/h2-10,16-17,19H,1H3. The van der Waals surface area contributed by atoms with Gasteiger partial charge in [0.15, 0.2) is 11.5 Å². The molecule has 0 aliphatic carbocycles. The predicted octanol–water partition coefficient (Wildman–Crippen LogP) is 2.92. The van der Waals surface area contributed by atoms with Gasteiger partial charge >= 0.3 is 0 Å². The Hall–Kier alpha value is -3.00. The van der Waals surface area contributed by atoms with Crippen LogP contribution in [0.1, 0.15) is 11.6 Å². The molecule has 0 spiro atoms. The SMILES string of the molecule is CN1OC2C(=O)N(c3ccc(Cl)cc3)C(=O)C2C1c1coc2ccccc2c1=O. The van der Waals surface area contributed by atoms with Gasteiger partial charge in [-0.3, -0.25) is 19.2 Å². The largest absolute Gasteiger partial charge is 0.464 e. The minimum atomic E-state index is -1.00. The van der Waals surface area contributed by atoms with Crippen molar-refractivity contribution in [2.24, 2.45) is 5.92 Å². The molecule has 2 saturated heterocycles. The summed E-state index contributed by atoms with van der Waals surface area (Å²) in [6.45, 7) is 0. The molecule has 2 aliphatic heterocycles. The van der Waals surface area contributed by atoms with Gasteiger partial charge in [0, 0.05) is 12.1 Å². The number of anilines is 1. The Kier molecular flexibility index (Phi) is 4.06. The number of amides is 2. The molecule has 3 unspecified atom stereocenters. The highest BCUT2D eigenvalue weighted by molar-refractivity contribution is 6.31. The fourth-order valence-electron chi connectivity index (χ4n) is 4.08. The van der Waals surface area contributed by atoms with Gasteiger partial charge in [0.05, 0.1) is 34.9 Å². The summed E-state index contributed by atoms with van der Waals surface area (Å²) in [6, 6.07) is 12.5. The van der Waals surface area contributed by atoms with E-state index in [4.69, 9.17) is 20.9 Å². The highest BCUT2D eigenvalue weighted by atomic mass is 35.5. The maximum Gasteiger partial charge on any atom is 0.265 e. The molecule has 0 N–H and O–H groups in total. The lowest BCUT2D eigenvalue weighted by Gasteiger charge is -2.23. The van der Waals surface area contributed by atoms with Gasteiger partial charge in [-0.15, -0.1) is 0 Å². The van der Waals surface area contributed by atoms with Gasteiger partial charge in [-0.05, 0) is 36.4 Å². The van der Waals surface area contributed by atoms with Gasteiger partial charge in [0.25, 0.3) is 5.91 Å². The average Bonchev–Trinajstić information content (AvgIpc) is 3.17. The number of carbonyl (C=O) groups is 2. The third-order valence-electron chi connectivity index (χ3n) is 5.42. The summed E-state index contributed by atoms with van der Waals surface area (Å²) in [7, 11) is 1.60. The molecule has 2 aromatic carbocycles. The quantitative estimate of drug-likeness (QED) is 0.604. The zero-order valence-electron chi connectivity index (χ0n) is 15.2. The number of para-hydroxylation sites is 1. The second kappa shape index (κ2) is 6.52. The molecule has 146 valence electrons. The molecule has 8 heteroatoms. The molecule has 0 saturated carbocycles. The number of carbonyl (C=O) groups excluding carboxylic acids is 2. The first kappa shape index (κ1) is 18.1. The van der Waals surface area contributed by atoms with Crippen LogP contribution >= 0.6 is 11.6 Å². The lowest BCUT2D eigenvalue weighted by molar-refractivity contribution is -0.160. The molecular weight excluding hydrogens is 396 g/mol. The van der Waals surface area contributed by atoms with E-state index < -0.39 is 29.9 Å². The van der Waals surface area contributed by atoms with Gasteiger partial charge in [0.2, 0.25) is 5.91 Å². The van der Waals surface area contributed by atoms with E-state index in [-0.39, 0.29) is 11.0 Å². The van der Waals surface area contributed by atoms with Crippen molar-refractivity contribution >= 4 is 40.1 Å². The molecule has 3 atom stereocenters. The van der Waals surface area contributed by atoms with Gasteiger partial charge in [-0.1, -0.05) is 23.7 Å². The minimum absolute atomic E-state index is 0.252. The van der Waals surface area contributed by atoms with Gasteiger partial charge < -0.3 is 4.42 Å². The van der Waals surface area contributed by atoms with Crippen LogP contribution in [0.15, 0.2) is 64.0 Å². The molecular formula is C21H15ClN2O5. The lowest BCUT2D eigenvalue weighted by atomic mass is 9.91. The molecule has 2 amide bonds. The zero-order valence-corrected chi connectivity index (χ0v) is 16.0. The van der Waals surface area contributed by atoms with Gasteiger partial charge in [-0.2, -0.15) is 5.06 Å². The number of hydrogen-bond donors (Lipinski definition) is 0. The lowest BCUT2D eigenvalue weighted by Crippen LogP contribution is -2.37. The Morgan fingerprint density at radius 3 is 2.45 bits per heavy atom. The summed E-state index contributed by atoms with van der Waals surface area (Å²) in [4.78, 5) is 46.0. The molecule has 0 radical (unpaired) electrons. The van der Waals surface area contributed by atoms with Crippen LogP contribution in [0.2, 0.25) is 5.02 Å². The van der Waals surface area contributed by atoms with E-state index in [2.05, 4.69) is 0 Å². The second-order valence-corrected chi connectivity index (χ2v) is 7.48. The Balaban J connectivity index is 1.59. The van der Waals surface area contributed by atoms with Crippen molar-refractivity contribution in [3.63, 3.8) is 0 Å². The summed E-state index contributed by atoms with van der Waals surface area (Å²) in [5.74, 6) is -1.75. The fourth-order valence-corrected chi connectivity index (χ4v) is 4.21. The number of benzene rings is 2. The number of imide groups is 1. The van der Waals surface area contributed by atoms with Crippen molar-refractivity contribution in [1.82, 2.24) is 5.06 Å². The first-order valence-corrected chi connectivity index (χ1v) is 9.38. The summed E-state index contributed by atoms with van der Waals surface area (Å²) >= 11 is 5.91. The summed E-state index contributed by atoms with van der Waals surface area (Å²) in [5.41, 5.74) is 0.890. The van der Waals surface area contributed by atoms with E-state index in [1.165, 1.54) is 11.3 Å². The molecule has 3 aromatic rings. The first-order chi connectivity index (χ1) is 14.0. The topological polar surface area (TPSA) is 80.1 Å². The van der Waals surface area contributed by atoms with Crippen LogP contribution in [0.3, 0.4) is 0 Å². The number of nitrogens with zero attached hydrogens (tertiary/aromatic N) is 2. The number of halogens is 1. The van der Waals surface area contributed by atoms with Crippen LogP contribution in [-0.4, -0.2) is 30.0 Å². The number of rotatable bonds is 2. The molecule has 29 heavy (non-hydrogen) atoms. The smallest absolute Gasteiger partial charge is 0.265 e. The second-order valence-electron chi connectivity index (χ2n) is 7.05. The molecule has 3 heterocycles. The summed E-state index contributed by atoms with van der Waals surface area (Å²) in [6.07, 6.45) is 0.347. The molecule has 2 aliphatic rings. The maximum absolute atomic E-state index is 13.2. The molecule has 2 fully saturated rings. The van der Waals surface area contributed by atoms with Crippen LogP contribution in [0.5, 0.6) is 0 Å². The molecule has 5 rings (SSSR count). The third-order valence-corrected chi connectivity index (χ3v) is 5.67. The average molecular weight is 411 g/mol. The van der Waals surface area contributed by atoms with E-state index >= 15 is 0 Å². The number of hydrogen-bond acceptors (Lipinski definition) is 6. The maximum atomic E-state index is 13.2. The molecule has 0 bridgehead atoms. The van der Waals surface area contributed by atoms with Crippen molar-refractivity contribution in [2.45, 2.75) is 12.1 Å². The van der Waals surface area contributed by atoms with Crippen molar-refractivity contribution in [1.29, 1.82) is 0 Å². The van der Waals surface area contributed by atoms with E-state index in [0.29, 0.717) is 21.7 Å². The number of fused-ring (bicyclic) bond motifs is 2. The minimum Gasteiger partial charge on any atom is -0.464 e. The van der Waals surface area contributed by atoms with Crippen LogP contribution in [0, 0.1) is 5.92 Å². The number of hydroxylamine groups is 2. The van der Waals surface area contributed by atoms with E-state index in [1.807, 2.05) is 0 Å². The highest BCUT2D eigenvalue weighted by Crippen LogP contribution is 2.44. The Bertz CT molecular complexity index is 1210. The van der Waals surface area contributed by atoms with Gasteiger partial charge in [0.1, 0.15) is 5.58 Å². The third kappa shape index (κ3) is 2.62. The van der Waals surface area contributed by atoms with Gasteiger partial charge in [-0.25, -0.2) is 4.90 Å². The molecule has 7 nitrogen and oxygen atoms in total. The van der Waals surface area contributed by atoms with Crippen LogP contribution in [0.25, 0.3) is 11.0 Å². The van der Waals surface area contributed by atoms with E-state index in [1.54, 1.807) is 55.6 Å². The Labute approximate surface area is 170 Å². The van der Waals surface area contributed by atoms with Crippen molar-refractivity contribution < 1.29 is 18.8 Å². The predicted molar refractivity (Wildman–Crippen MR) is 105 cm³/mol.